The minimum Gasteiger partial charge on any atom is -0.348 e. The van der Waals surface area contributed by atoms with Gasteiger partial charge < -0.3 is 5.32 Å². The normalized spacial score (nSPS) is 12.1. The number of aromatic nitrogens is 3. The smallest absolute Gasteiger partial charge is 0.244 e. The van der Waals surface area contributed by atoms with Crippen LogP contribution in [0, 0.1) is 6.92 Å². The van der Waals surface area contributed by atoms with E-state index in [-0.39, 0.29) is 11.9 Å². The number of nitrogens with zero attached hydrogens (tertiary/aromatic N) is 3. The molecule has 0 aliphatic heterocycles. The molecule has 0 radical (unpaired) electrons. The maximum atomic E-state index is 12.3. The van der Waals surface area contributed by atoms with E-state index in [1.54, 1.807) is 10.9 Å². The molecule has 0 spiro atoms. The highest BCUT2D eigenvalue weighted by Gasteiger charge is 2.17. The first-order chi connectivity index (χ1) is 11.5. The largest absolute Gasteiger partial charge is 0.348 e. The molecule has 5 nitrogen and oxygen atoms in total. The molecule has 7 heteroatoms. The molecule has 3 rings (SSSR count). The van der Waals surface area contributed by atoms with Gasteiger partial charge >= 0.3 is 0 Å². The van der Waals surface area contributed by atoms with Crippen molar-refractivity contribution in [3.63, 3.8) is 0 Å². The molecule has 2 heterocycles. The molecule has 0 saturated heterocycles. The highest BCUT2D eigenvalue weighted by Crippen LogP contribution is 2.23. The summed E-state index contributed by atoms with van der Waals surface area (Å²) in [4.78, 5) is 16.8. The predicted octanol–water partition coefficient (Wildman–Crippen LogP) is 3.85. The Balaban J connectivity index is 1.62. The lowest BCUT2D eigenvalue weighted by Gasteiger charge is -2.13. The second kappa shape index (κ2) is 7.15. The van der Waals surface area contributed by atoms with Crippen LogP contribution in [0.3, 0.4) is 0 Å². The van der Waals surface area contributed by atoms with Gasteiger partial charge in [-0.3, -0.25) is 9.48 Å². The Morgan fingerprint density at radius 1 is 1.33 bits per heavy atom. The summed E-state index contributed by atoms with van der Waals surface area (Å²) in [6.45, 7) is 4.16. The molecule has 3 aromatic rings. The summed E-state index contributed by atoms with van der Waals surface area (Å²) in [6.07, 6.45) is 1.69. The number of hydrogen-bond acceptors (Lipinski definition) is 4. The van der Waals surface area contributed by atoms with E-state index >= 15 is 0 Å². The number of aryl methyl sites for hydroxylation is 1. The fourth-order valence-electron chi connectivity index (χ4n) is 2.35. The molecule has 1 aromatic carbocycles. The molecule has 1 atom stereocenters. The minimum absolute atomic E-state index is 0.0787. The molecular formula is C17H17ClN4OS. The van der Waals surface area contributed by atoms with Crippen LogP contribution >= 0.6 is 22.9 Å². The standard InChI is InChI=1S/C17H17ClN4OS/c1-11-7-8-20-22(11)12(2)17(23)19-9-16-21-15(10-24-16)13-3-5-14(18)6-4-13/h3-8,10,12H,9H2,1-2H3,(H,19,23)/t12-/m0/s1. The van der Waals surface area contributed by atoms with Crippen LogP contribution in [-0.2, 0) is 11.3 Å². The predicted molar refractivity (Wildman–Crippen MR) is 96.1 cm³/mol. The van der Waals surface area contributed by atoms with E-state index in [2.05, 4.69) is 15.4 Å². The zero-order chi connectivity index (χ0) is 17.1. The van der Waals surface area contributed by atoms with Crippen LogP contribution in [0.5, 0.6) is 0 Å². The Hall–Kier alpha value is -2.18. The first-order valence-electron chi connectivity index (χ1n) is 7.53. The molecular weight excluding hydrogens is 344 g/mol. The topological polar surface area (TPSA) is 59.8 Å². The van der Waals surface area contributed by atoms with Gasteiger partial charge in [0.05, 0.1) is 12.2 Å². The summed E-state index contributed by atoms with van der Waals surface area (Å²) in [5.41, 5.74) is 2.85. The van der Waals surface area contributed by atoms with Gasteiger partial charge in [0, 0.05) is 27.9 Å². The lowest BCUT2D eigenvalue weighted by atomic mass is 10.2. The van der Waals surface area contributed by atoms with E-state index in [9.17, 15) is 4.79 Å². The summed E-state index contributed by atoms with van der Waals surface area (Å²) in [6, 6.07) is 9.07. The number of rotatable bonds is 5. The van der Waals surface area contributed by atoms with Gasteiger partial charge in [0.2, 0.25) is 5.91 Å². The first-order valence-corrected chi connectivity index (χ1v) is 8.78. The van der Waals surface area contributed by atoms with Crippen molar-refractivity contribution in [2.45, 2.75) is 26.4 Å². The van der Waals surface area contributed by atoms with Crippen molar-refractivity contribution in [1.29, 1.82) is 0 Å². The van der Waals surface area contributed by atoms with Gasteiger partial charge in [-0.15, -0.1) is 11.3 Å². The summed E-state index contributed by atoms with van der Waals surface area (Å²) in [7, 11) is 0. The SMILES string of the molecule is Cc1ccnn1[C@@H](C)C(=O)NCc1nc(-c2ccc(Cl)cc2)cs1. The molecule has 2 aromatic heterocycles. The lowest BCUT2D eigenvalue weighted by Crippen LogP contribution is -2.31. The molecule has 0 fully saturated rings. The maximum absolute atomic E-state index is 12.3. The van der Waals surface area contributed by atoms with Crippen molar-refractivity contribution < 1.29 is 4.79 Å². The van der Waals surface area contributed by atoms with Crippen molar-refractivity contribution >= 4 is 28.8 Å². The first kappa shape index (κ1) is 16.7. The Kier molecular flexibility index (Phi) is 4.97. The Morgan fingerprint density at radius 3 is 2.75 bits per heavy atom. The fourth-order valence-corrected chi connectivity index (χ4v) is 3.22. The van der Waals surface area contributed by atoms with Crippen molar-refractivity contribution in [1.82, 2.24) is 20.1 Å². The number of nitrogens with one attached hydrogen (secondary N) is 1. The monoisotopic (exact) mass is 360 g/mol. The summed E-state index contributed by atoms with van der Waals surface area (Å²) in [5, 5.41) is 10.6. The highest BCUT2D eigenvalue weighted by atomic mass is 35.5. The number of amides is 1. The average molecular weight is 361 g/mol. The summed E-state index contributed by atoms with van der Waals surface area (Å²) < 4.78 is 1.70. The van der Waals surface area contributed by atoms with E-state index in [4.69, 9.17) is 11.6 Å². The van der Waals surface area contributed by atoms with Crippen molar-refractivity contribution in [2.75, 3.05) is 0 Å². The molecule has 24 heavy (non-hydrogen) atoms. The Morgan fingerprint density at radius 2 is 2.08 bits per heavy atom. The van der Waals surface area contributed by atoms with Crippen LogP contribution in [0.25, 0.3) is 11.3 Å². The van der Waals surface area contributed by atoms with Crippen molar-refractivity contribution in [3.8, 4) is 11.3 Å². The Labute approximate surface area is 149 Å². The number of carbonyl (C=O) groups is 1. The van der Waals surface area contributed by atoms with Crippen LogP contribution in [0.1, 0.15) is 23.7 Å². The van der Waals surface area contributed by atoms with Crippen molar-refractivity contribution in [3.05, 3.63) is 57.6 Å². The van der Waals surface area contributed by atoms with Crippen LogP contribution in [0.4, 0.5) is 0 Å². The van der Waals surface area contributed by atoms with Gasteiger partial charge in [-0.05, 0) is 32.0 Å². The molecule has 0 aliphatic rings. The molecule has 0 saturated carbocycles. The molecule has 0 bridgehead atoms. The minimum atomic E-state index is -0.351. The third-order valence-corrected chi connectivity index (χ3v) is 4.82. The lowest BCUT2D eigenvalue weighted by molar-refractivity contribution is -0.124. The zero-order valence-electron chi connectivity index (χ0n) is 13.4. The van der Waals surface area contributed by atoms with Gasteiger partial charge in [-0.1, -0.05) is 23.7 Å². The van der Waals surface area contributed by atoms with E-state index in [0.717, 1.165) is 22.0 Å². The van der Waals surface area contributed by atoms with Crippen molar-refractivity contribution in [2.24, 2.45) is 0 Å². The second-order valence-corrected chi connectivity index (χ2v) is 6.82. The van der Waals surface area contributed by atoms with Gasteiger partial charge in [-0.2, -0.15) is 5.10 Å². The molecule has 124 valence electrons. The van der Waals surface area contributed by atoms with E-state index in [1.165, 1.54) is 11.3 Å². The number of benzene rings is 1. The van der Waals surface area contributed by atoms with Crippen LogP contribution in [-0.4, -0.2) is 20.7 Å². The molecule has 1 amide bonds. The summed E-state index contributed by atoms with van der Waals surface area (Å²) in [5.74, 6) is -0.0787. The Bertz CT molecular complexity index is 840. The number of hydrogen-bond donors (Lipinski definition) is 1. The number of carbonyl (C=O) groups excluding carboxylic acids is 1. The molecule has 0 unspecified atom stereocenters. The highest BCUT2D eigenvalue weighted by molar-refractivity contribution is 7.09. The molecule has 0 aliphatic carbocycles. The maximum Gasteiger partial charge on any atom is 0.244 e. The van der Waals surface area contributed by atoms with E-state index in [0.29, 0.717) is 11.6 Å². The molecule has 1 N–H and O–H groups in total. The van der Waals surface area contributed by atoms with Crippen LogP contribution in [0.2, 0.25) is 5.02 Å². The van der Waals surface area contributed by atoms with Crippen LogP contribution in [0.15, 0.2) is 41.9 Å². The van der Waals surface area contributed by atoms with Gasteiger partial charge in [-0.25, -0.2) is 4.98 Å². The van der Waals surface area contributed by atoms with Gasteiger partial charge in [0.1, 0.15) is 11.0 Å². The third kappa shape index (κ3) is 3.66. The number of thiazole rings is 1. The quantitative estimate of drug-likeness (QED) is 0.751. The number of halogens is 1. The summed E-state index contributed by atoms with van der Waals surface area (Å²) >= 11 is 7.42. The van der Waals surface area contributed by atoms with Crippen LogP contribution < -0.4 is 5.32 Å². The van der Waals surface area contributed by atoms with Gasteiger partial charge in [0.15, 0.2) is 0 Å². The van der Waals surface area contributed by atoms with E-state index in [1.807, 2.05) is 49.6 Å². The average Bonchev–Trinajstić information content (AvgIpc) is 3.21. The second-order valence-electron chi connectivity index (χ2n) is 5.44. The van der Waals surface area contributed by atoms with Gasteiger partial charge in [0.25, 0.3) is 0 Å². The fraction of sp³-hybridized carbons (Fsp3) is 0.235. The van der Waals surface area contributed by atoms with E-state index < -0.39 is 0 Å². The zero-order valence-corrected chi connectivity index (χ0v) is 14.9. The third-order valence-electron chi connectivity index (χ3n) is 3.72.